The first-order chi connectivity index (χ1) is 12.8. The van der Waals surface area contributed by atoms with Gasteiger partial charge in [0.1, 0.15) is 17.4 Å². The van der Waals surface area contributed by atoms with Crippen molar-refractivity contribution in [2.24, 2.45) is 0 Å². The number of hydrogen-bond acceptors (Lipinski definition) is 5. The molecule has 3 aromatic heterocycles. The maximum atomic E-state index is 7.07. The second kappa shape index (κ2) is 5.70. The minimum Gasteiger partial charge on any atom is -0.458 e. The van der Waals surface area contributed by atoms with E-state index in [0.717, 1.165) is 41.1 Å². The van der Waals surface area contributed by atoms with Crippen LogP contribution in [0.15, 0.2) is 53.5 Å². The summed E-state index contributed by atoms with van der Waals surface area (Å²) in [5.74, 6) is 1.37. The second-order valence-electron chi connectivity index (χ2n) is 6.15. The van der Waals surface area contributed by atoms with Gasteiger partial charge < -0.3 is 14.3 Å². The number of para-hydroxylation sites is 1. The summed E-state index contributed by atoms with van der Waals surface area (Å²) in [6.45, 7) is 7.80. The molecule has 0 fully saturated rings. The maximum Gasteiger partial charge on any atom is 0.223 e. The third-order valence-corrected chi connectivity index (χ3v) is 4.65. The Morgan fingerprint density at radius 2 is 2.04 bits per heavy atom. The Morgan fingerprint density at radius 1 is 1.19 bits per heavy atom. The zero-order valence-corrected chi connectivity index (χ0v) is 13.8. The molecule has 7 heteroatoms. The molecule has 126 valence electrons. The molecule has 0 saturated heterocycles. The number of furan rings is 1. The zero-order chi connectivity index (χ0) is 17.5. The van der Waals surface area contributed by atoms with Crippen molar-refractivity contribution >= 4 is 22.6 Å². The van der Waals surface area contributed by atoms with Crippen LogP contribution in [-0.4, -0.2) is 26.5 Å². The summed E-state index contributed by atoms with van der Waals surface area (Å²) >= 11 is 0. The standard InChI is InChI=1S/C19H14N6O/c1-20-13-9-21-19(22-10-13)25-7-6-14-17(24-11-23-14)18(25)16-8-12-4-2-3-5-15(12)26-16/h2-5,8-11,18H,6-7H2,(H,23,24)/t18-/m0/s1. The van der Waals surface area contributed by atoms with Gasteiger partial charge in [-0.2, -0.15) is 0 Å². The maximum absolute atomic E-state index is 7.07. The van der Waals surface area contributed by atoms with Crippen LogP contribution < -0.4 is 4.90 Å². The van der Waals surface area contributed by atoms with Crippen molar-refractivity contribution in [1.82, 2.24) is 19.9 Å². The molecule has 1 aliphatic heterocycles. The number of nitrogens with one attached hydrogen (secondary N) is 1. The van der Waals surface area contributed by atoms with E-state index in [4.69, 9.17) is 11.0 Å². The van der Waals surface area contributed by atoms with Crippen LogP contribution >= 0.6 is 0 Å². The van der Waals surface area contributed by atoms with E-state index in [1.54, 1.807) is 18.7 Å². The molecule has 5 rings (SSSR count). The summed E-state index contributed by atoms with van der Waals surface area (Å²) in [6, 6.07) is 9.77. The van der Waals surface area contributed by atoms with E-state index in [-0.39, 0.29) is 6.04 Å². The van der Waals surface area contributed by atoms with Gasteiger partial charge in [-0.1, -0.05) is 18.2 Å². The van der Waals surface area contributed by atoms with Crippen LogP contribution in [0.2, 0.25) is 0 Å². The topological polar surface area (TPSA) is 75.2 Å². The summed E-state index contributed by atoms with van der Waals surface area (Å²) in [6.07, 6.45) is 5.63. The molecule has 0 unspecified atom stereocenters. The summed E-state index contributed by atoms with van der Waals surface area (Å²) in [7, 11) is 0. The van der Waals surface area contributed by atoms with E-state index in [1.807, 2.05) is 30.3 Å². The van der Waals surface area contributed by atoms with Gasteiger partial charge in [0.05, 0.1) is 18.6 Å². The Bertz CT molecular complexity index is 1090. The fraction of sp³-hybridized carbons (Fsp3) is 0.158. The Labute approximate surface area is 149 Å². The van der Waals surface area contributed by atoms with Crippen molar-refractivity contribution in [2.45, 2.75) is 12.5 Å². The third-order valence-electron chi connectivity index (χ3n) is 4.65. The molecule has 26 heavy (non-hydrogen) atoms. The fourth-order valence-electron chi connectivity index (χ4n) is 3.44. The van der Waals surface area contributed by atoms with Gasteiger partial charge in [-0.05, 0) is 12.1 Å². The molecule has 4 heterocycles. The normalized spacial score (nSPS) is 16.4. The van der Waals surface area contributed by atoms with E-state index < -0.39 is 0 Å². The van der Waals surface area contributed by atoms with Crippen LogP contribution in [0.5, 0.6) is 0 Å². The molecule has 0 spiro atoms. The van der Waals surface area contributed by atoms with Gasteiger partial charge >= 0.3 is 0 Å². The smallest absolute Gasteiger partial charge is 0.223 e. The largest absolute Gasteiger partial charge is 0.458 e. The van der Waals surface area contributed by atoms with Gasteiger partial charge in [0.25, 0.3) is 0 Å². The van der Waals surface area contributed by atoms with Crippen molar-refractivity contribution in [3.63, 3.8) is 0 Å². The number of aromatic nitrogens is 4. The van der Waals surface area contributed by atoms with Gasteiger partial charge in [-0.3, -0.25) is 0 Å². The van der Waals surface area contributed by atoms with Gasteiger partial charge in [0, 0.05) is 36.4 Å². The van der Waals surface area contributed by atoms with Crippen LogP contribution in [0, 0.1) is 6.57 Å². The Kier molecular flexibility index (Phi) is 3.22. The van der Waals surface area contributed by atoms with Crippen molar-refractivity contribution in [3.8, 4) is 0 Å². The summed E-state index contributed by atoms with van der Waals surface area (Å²) < 4.78 is 6.13. The second-order valence-corrected chi connectivity index (χ2v) is 6.15. The van der Waals surface area contributed by atoms with E-state index >= 15 is 0 Å². The predicted molar refractivity (Wildman–Crippen MR) is 96.0 cm³/mol. The summed E-state index contributed by atoms with van der Waals surface area (Å²) in [5.41, 5.74) is 3.29. The zero-order valence-electron chi connectivity index (χ0n) is 13.8. The monoisotopic (exact) mass is 342 g/mol. The molecule has 1 aromatic carbocycles. The molecule has 0 bridgehead atoms. The molecule has 4 aromatic rings. The first-order valence-corrected chi connectivity index (χ1v) is 8.30. The average molecular weight is 342 g/mol. The number of fused-ring (bicyclic) bond motifs is 2. The fourth-order valence-corrected chi connectivity index (χ4v) is 3.44. The Morgan fingerprint density at radius 3 is 2.85 bits per heavy atom. The number of imidazole rings is 1. The first kappa shape index (κ1) is 14.7. The highest BCUT2D eigenvalue weighted by atomic mass is 16.3. The van der Waals surface area contributed by atoms with Crippen LogP contribution in [0.1, 0.15) is 23.2 Å². The first-order valence-electron chi connectivity index (χ1n) is 8.30. The predicted octanol–water partition coefficient (Wildman–Crippen LogP) is 3.65. The minimum absolute atomic E-state index is 0.212. The number of anilines is 1. The van der Waals surface area contributed by atoms with Gasteiger partial charge in [-0.25, -0.2) is 19.8 Å². The lowest BCUT2D eigenvalue weighted by molar-refractivity contribution is 0.483. The Balaban J connectivity index is 1.65. The van der Waals surface area contributed by atoms with Crippen molar-refractivity contribution in [1.29, 1.82) is 0 Å². The lowest BCUT2D eigenvalue weighted by atomic mass is 10.0. The highest BCUT2D eigenvalue weighted by Gasteiger charge is 2.35. The molecule has 0 saturated carbocycles. The lowest BCUT2D eigenvalue weighted by Gasteiger charge is -2.33. The number of benzene rings is 1. The van der Waals surface area contributed by atoms with E-state index in [1.165, 1.54) is 0 Å². The SMILES string of the molecule is [C-]#[N+]c1cnc(N2CCc3[nH]cnc3[C@@H]2c2cc3ccccc3o2)nc1. The van der Waals surface area contributed by atoms with Gasteiger partial charge in [0.15, 0.2) is 0 Å². The highest BCUT2D eigenvalue weighted by molar-refractivity contribution is 5.78. The van der Waals surface area contributed by atoms with E-state index in [2.05, 4.69) is 29.7 Å². The third kappa shape index (κ3) is 2.24. The molecule has 0 radical (unpaired) electrons. The molecule has 1 N–H and O–H groups in total. The number of nitrogens with zero attached hydrogens (tertiary/aromatic N) is 5. The quantitative estimate of drug-likeness (QED) is 0.563. The molecule has 0 aliphatic carbocycles. The number of rotatable bonds is 2. The molecule has 1 aliphatic rings. The molecule has 7 nitrogen and oxygen atoms in total. The van der Waals surface area contributed by atoms with Crippen LogP contribution in [0.3, 0.4) is 0 Å². The summed E-state index contributed by atoms with van der Waals surface area (Å²) in [4.78, 5) is 22.0. The van der Waals surface area contributed by atoms with Crippen LogP contribution in [-0.2, 0) is 6.42 Å². The van der Waals surface area contributed by atoms with Gasteiger partial charge in [0.2, 0.25) is 11.6 Å². The number of hydrogen-bond donors (Lipinski definition) is 1. The molecular formula is C19H14N6O. The molecular weight excluding hydrogens is 328 g/mol. The minimum atomic E-state index is -0.212. The van der Waals surface area contributed by atoms with E-state index in [0.29, 0.717) is 11.6 Å². The Hall–Kier alpha value is -3.66. The van der Waals surface area contributed by atoms with Crippen molar-refractivity contribution in [2.75, 3.05) is 11.4 Å². The van der Waals surface area contributed by atoms with Gasteiger partial charge in [-0.15, -0.1) is 0 Å². The van der Waals surface area contributed by atoms with Crippen molar-refractivity contribution < 1.29 is 4.42 Å². The molecule has 0 amide bonds. The number of aromatic amines is 1. The van der Waals surface area contributed by atoms with Crippen molar-refractivity contribution in [3.05, 3.63) is 77.6 Å². The van der Waals surface area contributed by atoms with Crippen LogP contribution in [0.25, 0.3) is 15.8 Å². The number of H-pyrrole nitrogens is 1. The lowest BCUT2D eigenvalue weighted by Crippen LogP contribution is -2.37. The average Bonchev–Trinajstić information content (AvgIpc) is 3.33. The van der Waals surface area contributed by atoms with Crippen LogP contribution in [0.4, 0.5) is 11.6 Å². The molecule has 1 atom stereocenters. The van der Waals surface area contributed by atoms with E-state index in [9.17, 15) is 0 Å². The summed E-state index contributed by atoms with van der Waals surface area (Å²) in [5, 5.41) is 1.05. The highest BCUT2D eigenvalue weighted by Crippen LogP contribution is 2.37.